The number of rotatable bonds is 2. The van der Waals surface area contributed by atoms with Gasteiger partial charge in [0.15, 0.2) is 0 Å². The second-order valence-corrected chi connectivity index (χ2v) is 4.43. The Bertz CT molecular complexity index is 430. The molecule has 5 heteroatoms. The van der Waals surface area contributed by atoms with Crippen LogP contribution in [0.15, 0.2) is 18.2 Å². The molecule has 1 aliphatic rings. The highest BCUT2D eigenvalue weighted by Crippen LogP contribution is 2.16. The average Bonchev–Trinajstić information content (AvgIpc) is 2.37. The number of amides is 1. The van der Waals surface area contributed by atoms with Crippen LogP contribution in [0.25, 0.3) is 0 Å². The maximum absolute atomic E-state index is 13.2. The predicted molar refractivity (Wildman–Crippen MR) is 66.7 cm³/mol. The Labute approximate surface area is 106 Å². The Morgan fingerprint density at radius 3 is 3.00 bits per heavy atom. The molecule has 0 spiro atoms. The first-order chi connectivity index (χ1) is 8.60. The summed E-state index contributed by atoms with van der Waals surface area (Å²) in [7, 11) is 0. The van der Waals surface area contributed by atoms with E-state index in [0.29, 0.717) is 25.3 Å². The first-order valence-electron chi connectivity index (χ1n) is 6.07. The Hall–Kier alpha value is -1.62. The zero-order valence-electron chi connectivity index (χ0n) is 10.4. The van der Waals surface area contributed by atoms with E-state index >= 15 is 0 Å². The summed E-state index contributed by atoms with van der Waals surface area (Å²) < 4.78 is 18.7. The molecule has 4 nitrogen and oxygen atoms in total. The van der Waals surface area contributed by atoms with Gasteiger partial charge in [-0.25, -0.2) is 4.39 Å². The zero-order valence-corrected chi connectivity index (χ0v) is 10.4. The van der Waals surface area contributed by atoms with Crippen molar-refractivity contribution in [2.24, 2.45) is 0 Å². The quantitative estimate of drug-likeness (QED) is 0.814. The van der Waals surface area contributed by atoms with E-state index in [1.54, 1.807) is 4.90 Å². The second kappa shape index (κ2) is 5.35. The van der Waals surface area contributed by atoms with E-state index in [9.17, 15) is 9.18 Å². The number of nitrogen functional groups attached to an aromatic ring is 1. The van der Waals surface area contributed by atoms with Crippen LogP contribution in [0.5, 0.6) is 0 Å². The minimum atomic E-state index is -0.487. The molecule has 1 heterocycles. The number of benzene rings is 1. The van der Waals surface area contributed by atoms with Gasteiger partial charge in [-0.1, -0.05) is 6.92 Å². The minimum Gasteiger partial charge on any atom is -0.399 e. The number of morpholine rings is 1. The molecule has 0 saturated carbocycles. The van der Waals surface area contributed by atoms with E-state index in [4.69, 9.17) is 10.5 Å². The van der Waals surface area contributed by atoms with Crippen molar-refractivity contribution in [3.63, 3.8) is 0 Å². The molecule has 1 aromatic rings. The lowest BCUT2D eigenvalue weighted by atomic mass is 10.1. The van der Waals surface area contributed by atoms with Gasteiger partial charge in [0.1, 0.15) is 5.82 Å². The van der Waals surface area contributed by atoms with Gasteiger partial charge in [0.2, 0.25) is 0 Å². The number of anilines is 1. The van der Waals surface area contributed by atoms with E-state index < -0.39 is 5.82 Å². The van der Waals surface area contributed by atoms with Crippen molar-refractivity contribution in [2.75, 3.05) is 25.4 Å². The molecule has 98 valence electrons. The van der Waals surface area contributed by atoms with Crippen molar-refractivity contribution in [1.29, 1.82) is 0 Å². The normalized spacial score (nSPS) is 19.9. The summed E-state index contributed by atoms with van der Waals surface area (Å²) in [5.41, 5.74) is 6.10. The Kier molecular flexibility index (Phi) is 3.81. The summed E-state index contributed by atoms with van der Waals surface area (Å²) in [6.07, 6.45) is 0.920. The molecule has 0 bridgehead atoms. The monoisotopic (exact) mass is 252 g/mol. The lowest BCUT2D eigenvalue weighted by Crippen LogP contribution is -2.45. The first kappa shape index (κ1) is 12.8. The zero-order chi connectivity index (χ0) is 13.1. The summed E-state index contributed by atoms with van der Waals surface area (Å²) in [6.45, 7) is 3.62. The van der Waals surface area contributed by atoms with E-state index in [0.717, 1.165) is 6.42 Å². The van der Waals surface area contributed by atoms with Gasteiger partial charge in [0.25, 0.3) is 5.91 Å². The highest BCUT2D eigenvalue weighted by Gasteiger charge is 2.24. The summed E-state index contributed by atoms with van der Waals surface area (Å²) in [5, 5.41) is 0. The molecule has 2 N–H and O–H groups in total. The smallest absolute Gasteiger partial charge is 0.254 e. The van der Waals surface area contributed by atoms with Crippen LogP contribution in [0, 0.1) is 5.82 Å². The molecular formula is C13H17FN2O2. The molecule has 18 heavy (non-hydrogen) atoms. The van der Waals surface area contributed by atoms with Crippen LogP contribution in [0.1, 0.15) is 23.7 Å². The molecule has 0 aliphatic carbocycles. The maximum Gasteiger partial charge on any atom is 0.254 e. The van der Waals surface area contributed by atoms with Gasteiger partial charge < -0.3 is 15.4 Å². The number of nitrogens with zero attached hydrogens (tertiary/aromatic N) is 1. The van der Waals surface area contributed by atoms with Crippen LogP contribution in [-0.2, 0) is 4.74 Å². The van der Waals surface area contributed by atoms with E-state index in [-0.39, 0.29) is 17.7 Å². The fraction of sp³-hybridized carbons (Fsp3) is 0.462. The Morgan fingerprint density at radius 2 is 2.33 bits per heavy atom. The number of carbonyl (C=O) groups excluding carboxylic acids is 1. The van der Waals surface area contributed by atoms with E-state index in [1.165, 1.54) is 18.2 Å². The fourth-order valence-electron chi connectivity index (χ4n) is 2.07. The third-order valence-corrected chi connectivity index (χ3v) is 3.05. The number of halogens is 1. The summed E-state index contributed by atoms with van der Waals surface area (Å²) in [5.74, 6) is -0.679. The van der Waals surface area contributed by atoms with Crippen LogP contribution < -0.4 is 5.73 Å². The van der Waals surface area contributed by atoms with Crippen molar-refractivity contribution in [1.82, 2.24) is 4.90 Å². The Balaban J connectivity index is 2.15. The average molecular weight is 252 g/mol. The van der Waals surface area contributed by atoms with Crippen molar-refractivity contribution >= 4 is 11.6 Å². The summed E-state index contributed by atoms with van der Waals surface area (Å²) in [4.78, 5) is 13.9. The maximum atomic E-state index is 13.2. The van der Waals surface area contributed by atoms with Gasteiger partial charge in [-0.3, -0.25) is 4.79 Å². The van der Waals surface area contributed by atoms with Crippen LogP contribution in [-0.4, -0.2) is 36.6 Å². The first-order valence-corrected chi connectivity index (χ1v) is 6.07. The number of hydrogen-bond donors (Lipinski definition) is 1. The van der Waals surface area contributed by atoms with Gasteiger partial charge in [-0.15, -0.1) is 0 Å². The van der Waals surface area contributed by atoms with Gasteiger partial charge in [-0.2, -0.15) is 0 Å². The number of hydrogen-bond acceptors (Lipinski definition) is 3. The lowest BCUT2D eigenvalue weighted by Gasteiger charge is -2.32. The van der Waals surface area contributed by atoms with Crippen LogP contribution >= 0.6 is 0 Å². The molecule has 1 aromatic carbocycles. The van der Waals surface area contributed by atoms with Gasteiger partial charge >= 0.3 is 0 Å². The highest BCUT2D eigenvalue weighted by molar-refractivity contribution is 5.95. The van der Waals surface area contributed by atoms with Crippen LogP contribution in [0.4, 0.5) is 10.1 Å². The summed E-state index contributed by atoms with van der Waals surface area (Å²) in [6, 6.07) is 3.92. The standard InChI is InChI=1S/C13H17FN2O2/c1-2-12-8-16(3-4-18-12)13(17)9-5-10(14)7-11(15)6-9/h5-7,12H,2-4,8,15H2,1H3. The molecule has 1 fully saturated rings. The second-order valence-electron chi connectivity index (χ2n) is 4.43. The number of nitrogens with two attached hydrogens (primary N) is 1. The molecule has 1 aliphatic heterocycles. The van der Waals surface area contributed by atoms with Crippen molar-refractivity contribution in [2.45, 2.75) is 19.4 Å². The van der Waals surface area contributed by atoms with Gasteiger partial charge in [0, 0.05) is 24.3 Å². The molecule has 2 rings (SSSR count). The molecule has 1 unspecified atom stereocenters. The fourth-order valence-corrected chi connectivity index (χ4v) is 2.07. The van der Waals surface area contributed by atoms with Gasteiger partial charge in [-0.05, 0) is 24.6 Å². The summed E-state index contributed by atoms with van der Waals surface area (Å²) >= 11 is 0. The third-order valence-electron chi connectivity index (χ3n) is 3.05. The molecule has 0 aromatic heterocycles. The third kappa shape index (κ3) is 2.79. The molecule has 1 amide bonds. The van der Waals surface area contributed by atoms with Crippen LogP contribution in [0.2, 0.25) is 0 Å². The molecule has 1 atom stereocenters. The Morgan fingerprint density at radius 1 is 1.56 bits per heavy atom. The van der Waals surface area contributed by atoms with Crippen LogP contribution in [0.3, 0.4) is 0 Å². The van der Waals surface area contributed by atoms with Crippen molar-refractivity contribution in [3.05, 3.63) is 29.6 Å². The largest absolute Gasteiger partial charge is 0.399 e. The highest BCUT2D eigenvalue weighted by atomic mass is 19.1. The lowest BCUT2D eigenvalue weighted by molar-refractivity contribution is -0.0226. The van der Waals surface area contributed by atoms with E-state index in [2.05, 4.69) is 0 Å². The van der Waals surface area contributed by atoms with Crippen molar-refractivity contribution in [3.8, 4) is 0 Å². The topological polar surface area (TPSA) is 55.6 Å². The number of ether oxygens (including phenoxy) is 1. The predicted octanol–water partition coefficient (Wildman–Crippen LogP) is 1.66. The van der Waals surface area contributed by atoms with Crippen molar-refractivity contribution < 1.29 is 13.9 Å². The number of carbonyl (C=O) groups is 1. The molecule has 1 saturated heterocycles. The van der Waals surface area contributed by atoms with E-state index in [1.807, 2.05) is 6.92 Å². The molecular weight excluding hydrogens is 235 g/mol. The minimum absolute atomic E-state index is 0.0635. The molecule has 0 radical (unpaired) electrons. The SMILES string of the molecule is CCC1CN(C(=O)c2cc(N)cc(F)c2)CCO1. The van der Waals surface area contributed by atoms with Gasteiger partial charge in [0.05, 0.1) is 12.7 Å².